The minimum atomic E-state index is -0.758. The molecule has 2 amide bonds. The van der Waals surface area contributed by atoms with Crippen molar-refractivity contribution in [3.63, 3.8) is 0 Å². The van der Waals surface area contributed by atoms with Gasteiger partial charge in [0.2, 0.25) is 0 Å². The average Bonchev–Trinajstić information content (AvgIpc) is 2.41. The first-order valence-electron chi connectivity index (χ1n) is 6.10. The largest absolute Gasteiger partial charge is 0.449 e. The van der Waals surface area contributed by atoms with Crippen LogP contribution in [0.5, 0.6) is 0 Å². The first-order valence-corrected chi connectivity index (χ1v) is 7.50. The van der Waals surface area contributed by atoms with Gasteiger partial charge in [-0.2, -0.15) is 11.8 Å². The van der Waals surface area contributed by atoms with Crippen molar-refractivity contribution in [1.29, 1.82) is 0 Å². The monoisotopic (exact) mass is 304 g/mol. The predicted octanol–water partition coefficient (Wildman–Crippen LogP) is 1.59. The molecule has 0 spiro atoms. The van der Waals surface area contributed by atoms with Crippen molar-refractivity contribution < 1.29 is 23.9 Å². The Hall–Kier alpha value is -1.70. The van der Waals surface area contributed by atoms with E-state index in [1.807, 2.05) is 6.26 Å². The molecule has 0 unspecified atom stereocenters. The summed E-state index contributed by atoms with van der Waals surface area (Å²) in [6, 6.07) is -0.515. The fraction of sp³-hybridized carbons (Fsp3) is 0.583. The second kappa shape index (κ2) is 11.2. The van der Waals surface area contributed by atoms with E-state index in [0.29, 0.717) is 12.0 Å². The van der Waals surface area contributed by atoms with Crippen LogP contribution in [0.15, 0.2) is 12.2 Å². The van der Waals surface area contributed by atoms with E-state index >= 15 is 0 Å². The molecule has 0 aliphatic heterocycles. The number of thioether (sulfide) groups is 1. The smallest absolute Gasteiger partial charge is 0.429 e. The van der Waals surface area contributed by atoms with Gasteiger partial charge in [0.15, 0.2) is 0 Å². The Balaban J connectivity index is 5.01. The van der Waals surface area contributed by atoms with Crippen LogP contribution in [-0.2, 0) is 14.3 Å². The molecule has 114 valence electrons. The van der Waals surface area contributed by atoms with Gasteiger partial charge < -0.3 is 9.47 Å². The van der Waals surface area contributed by atoms with Crippen LogP contribution in [0.25, 0.3) is 0 Å². The van der Waals surface area contributed by atoms with Crippen molar-refractivity contribution >= 4 is 30.2 Å². The van der Waals surface area contributed by atoms with Crippen molar-refractivity contribution in [3.05, 3.63) is 12.2 Å². The number of nitrogens with zero attached hydrogens (tertiary/aromatic N) is 1. The zero-order valence-corrected chi connectivity index (χ0v) is 12.6. The van der Waals surface area contributed by atoms with E-state index < -0.39 is 18.2 Å². The highest BCUT2D eigenvalue weighted by Crippen LogP contribution is 2.08. The number of carbonyl (C=O) groups is 3. The van der Waals surface area contributed by atoms with Gasteiger partial charge in [0, 0.05) is 5.75 Å². The van der Waals surface area contributed by atoms with Gasteiger partial charge >= 0.3 is 12.2 Å². The van der Waals surface area contributed by atoms with Crippen LogP contribution < -0.4 is 5.43 Å². The van der Waals surface area contributed by atoms with E-state index in [0.717, 1.165) is 5.01 Å². The van der Waals surface area contributed by atoms with Crippen molar-refractivity contribution in [2.45, 2.75) is 19.9 Å². The number of hydrogen-bond acceptors (Lipinski definition) is 6. The number of hydrazine groups is 1. The Bertz CT molecular complexity index is 349. The molecule has 0 radical (unpaired) electrons. The van der Waals surface area contributed by atoms with E-state index in [1.165, 1.54) is 23.9 Å². The van der Waals surface area contributed by atoms with E-state index in [4.69, 9.17) is 9.47 Å². The number of hydrogen-bond donors (Lipinski definition) is 1. The zero-order valence-electron chi connectivity index (χ0n) is 11.8. The number of rotatable bonds is 7. The molecule has 8 heteroatoms. The average molecular weight is 304 g/mol. The predicted molar refractivity (Wildman–Crippen MR) is 76.4 cm³/mol. The summed E-state index contributed by atoms with van der Waals surface area (Å²) in [5, 5.41) is 1.01. The minimum Gasteiger partial charge on any atom is -0.449 e. The molecule has 1 atom stereocenters. The molecule has 0 aromatic rings. The number of amides is 2. The lowest BCUT2D eigenvalue weighted by Gasteiger charge is -2.28. The Kier molecular flexibility index (Phi) is 10.2. The highest BCUT2D eigenvalue weighted by Gasteiger charge is 2.25. The van der Waals surface area contributed by atoms with Crippen LogP contribution in [-0.4, -0.2) is 54.7 Å². The van der Waals surface area contributed by atoms with E-state index in [-0.39, 0.29) is 13.2 Å². The van der Waals surface area contributed by atoms with Gasteiger partial charge in [-0.15, -0.1) is 0 Å². The molecular weight excluding hydrogens is 284 g/mol. The van der Waals surface area contributed by atoms with Crippen molar-refractivity contribution in [2.75, 3.05) is 25.2 Å². The number of ether oxygens (including phenoxy) is 2. The molecule has 0 aliphatic carbocycles. The summed E-state index contributed by atoms with van der Waals surface area (Å²) in [6.45, 7) is 3.66. The number of carbonyl (C=O) groups excluding carboxylic acids is 3. The van der Waals surface area contributed by atoms with Crippen molar-refractivity contribution in [3.8, 4) is 0 Å². The molecule has 0 heterocycles. The fourth-order valence-electron chi connectivity index (χ4n) is 1.28. The summed E-state index contributed by atoms with van der Waals surface area (Å²) in [5.74, 6) is 0.482. The van der Waals surface area contributed by atoms with Gasteiger partial charge in [0.1, 0.15) is 6.29 Å². The lowest BCUT2D eigenvalue weighted by atomic mass is 10.3. The molecule has 0 rings (SSSR count). The number of nitrogens with one attached hydrogen (secondary N) is 1. The van der Waals surface area contributed by atoms with E-state index in [1.54, 1.807) is 13.8 Å². The van der Waals surface area contributed by atoms with Crippen LogP contribution in [0, 0.1) is 0 Å². The molecule has 0 saturated heterocycles. The summed E-state index contributed by atoms with van der Waals surface area (Å²) in [6.07, 6.45) is 3.74. The highest BCUT2D eigenvalue weighted by molar-refractivity contribution is 7.98. The lowest BCUT2D eigenvalue weighted by Crippen LogP contribution is -2.52. The molecule has 0 saturated carbocycles. The second-order valence-electron chi connectivity index (χ2n) is 3.44. The van der Waals surface area contributed by atoms with Gasteiger partial charge in [0.25, 0.3) is 0 Å². The summed E-state index contributed by atoms with van der Waals surface area (Å²) < 4.78 is 9.61. The fourth-order valence-corrected chi connectivity index (χ4v) is 1.88. The maximum absolute atomic E-state index is 11.9. The van der Waals surface area contributed by atoms with Gasteiger partial charge in [0.05, 0.1) is 19.3 Å². The third-order valence-electron chi connectivity index (χ3n) is 2.03. The molecule has 0 aliphatic rings. The third kappa shape index (κ3) is 7.03. The Labute approximate surface area is 122 Å². The molecule has 1 N–H and O–H groups in total. The number of allylic oxidation sites excluding steroid dienone is 1. The summed E-state index contributed by atoms with van der Waals surface area (Å²) >= 11 is 1.46. The van der Waals surface area contributed by atoms with Crippen molar-refractivity contribution in [2.24, 2.45) is 0 Å². The number of aldehydes is 1. The van der Waals surface area contributed by atoms with Crippen LogP contribution >= 0.6 is 11.8 Å². The van der Waals surface area contributed by atoms with Crippen LogP contribution in [0.2, 0.25) is 0 Å². The molecule has 0 fully saturated rings. The quantitative estimate of drug-likeness (QED) is 0.437. The first kappa shape index (κ1) is 18.3. The van der Waals surface area contributed by atoms with Gasteiger partial charge in [-0.25, -0.2) is 20.0 Å². The zero-order chi connectivity index (χ0) is 15.4. The van der Waals surface area contributed by atoms with Crippen LogP contribution in [0.3, 0.4) is 0 Å². The Morgan fingerprint density at radius 3 is 2.45 bits per heavy atom. The molecule has 0 aromatic heterocycles. The standard InChI is InChI=1S/C12H20N2O5S/c1-4-18-11(16)13-14(12(17)19-5-2)10(9-20-3)7-6-8-15/h6-8,10H,4-5,9H2,1-3H3,(H,13,16)/b7-6+/t10-/m1/s1. The summed E-state index contributed by atoms with van der Waals surface area (Å²) in [7, 11) is 0. The Morgan fingerprint density at radius 1 is 1.30 bits per heavy atom. The van der Waals surface area contributed by atoms with Crippen molar-refractivity contribution in [1.82, 2.24) is 10.4 Å². The van der Waals surface area contributed by atoms with E-state index in [9.17, 15) is 14.4 Å². The molecule has 0 bridgehead atoms. The SMILES string of the molecule is CCOC(=O)NN(C(=O)OCC)[C@H](/C=C/C=O)CSC. The Morgan fingerprint density at radius 2 is 1.95 bits per heavy atom. The van der Waals surface area contributed by atoms with Crippen LogP contribution in [0.1, 0.15) is 13.8 Å². The maximum atomic E-state index is 11.9. The van der Waals surface area contributed by atoms with Crippen LogP contribution in [0.4, 0.5) is 9.59 Å². The van der Waals surface area contributed by atoms with E-state index in [2.05, 4.69) is 5.43 Å². The molecular formula is C12H20N2O5S. The topological polar surface area (TPSA) is 84.9 Å². The highest BCUT2D eigenvalue weighted by atomic mass is 32.2. The summed E-state index contributed by atoms with van der Waals surface area (Å²) in [5.41, 5.74) is 2.31. The lowest BCUT2D eigenvalue weighted by molar-refractivity contribution is -0.104. The van der Waals surface area contributed by atoms with Gasteiger partial charge in [-0.3, -0.25) is 4.79 Å². The van der Waals surface area contributed by atoms with Gasteiger partial charge in [-0.1, -0.05) is 6.08 Å². The van der Waals surface area contributed by atoms with Gasteiger partial charge in [-0.05, 0) is 26.2 Å². The molecule has 20 heavy (non-hydrogen) atoms. The first-order chi connectivity index (χ1) is 9.60. The maximum Gasteiger partial charge on any atom is 0.429 e. The second-order valence-corrected chi connectivity index (χ2v) is 4.36. The minimum absolute atomic E-state index is 0.170. The third-order valence-corrected chi connectivity index (χ3v) is 2.71. The molecule has 7 nitrogen and oxygen atoms in total. The molecule has 0 aromatic carbocycles. The summed E-state index contributed by atoms with van der Waals surface area (Å²) in [4.78, 5) is 33.7. The normalized spacial score (nSPS) is 11.8.